The topological polar surface area (TPSA) is 50.4 Å². The van der Waals surface area contributed by atoms with Crippen molar-refractivity contribution in [3.63, 3.8) is 0 Å². The Kier molecular flexibility index (Phi) is 3.16. The number of hydrogen-bond donors (Lipinski definition) is 1. The maximum Gasteiger partial charge on any atom is 0.419 e. The lowest BCUT2D eigenvalue weighted by molar-refractivity contribution is 0.249. The van der Waals surface area contributed by atoms with Crippen LogP contribution in [0.25, 0.3) is 11.1 Å². The monoisotopic (exact) mass is 261 g/mol. The molecule has 1 fully saturated rings. The van der Waals surface area contributed by atoms with E-state index >= 15 is 0 Å². The van der Waals surface area contributed by atoms with Gasteiger partial charge in [0.25, 0.3) is 0 Å². The minimum absolute atomic E-state index is 0.305. The van der Waals surface area contributed by atoms with Gasteiger partial charge in [0.2, 0.25) is 0 Å². The highest BCUT2D eigenvalue weighted by Gasteiger charge is 2.19. The van der Waals surface area contributed by atoms with Gasteiger partial charge in [0.05, 0.1) is 5.52 Å². The van der Waals surface area contributed by atoms with E-state index in [1.807, 2.05) is 12.1 Å². The average Bonchev–Trinajstić information content (AvgIpc) is 2.99. The molecule has 0 amide bonds. The molecule has 1 aliphatic rings. The first-order valence-corrected chi connectivity index (χ1v) is 6.64. The zero-order chi connectivity index (χ0) is 13.4. The van der Waals surface area contributed by atoms with Crippen molar-refractivity contribution in [2.24, 2.45) is 7.05 Å². The van der Waals surface area contributed by atoms with Crippen molar-refractivity contribution >= 4 is 11.1 Å². The van der Waals surface area contributed by atoms with Gasteiger partial charge in [0.1, 0.15) is 0 Å². The van der Waals surface area contributed by atoms with Crippen molar-refractivity contribution in [1.82, 2.24) is 14.8 Å². The summed E-state index contributed by atoms with van der Waals surface area (Å²) in [5.41, 5.74) is 2.69. The van der Waals surface area contributed by atoms with Crippen LogP contribution in [-0.4, -0.2) is 35.6 Å². The fourth-order valence-electron chi connectivity index (χ4n) is 2.71. The molecule has 1 aromatic carbocycles. The number of benzene rings is 1. The third-order valence-corrected chi connectivity index (χ3v) is 3.95. The Morgan fingerprint density at radius 2 is 2.37 bits per heavy atom. The van der Waals surface area contributed by atoms with Crippen molar-refractivity contribution in [1.29, 1.82) is 0 Å². The second kappa shape index (κ2) is 4.83. The van der Waals surface area contributed by atoms with Crippen LogP contribution in [0.1, 0.15) is 12.0 Å². The molecule has 0 spiro atoms. The van der Waals surface area contributed by atoms with Gasteiger partial charge >= 0.3 is 5.76 Å². The summed E-state index contributed by atoms with van der Waals surface area (Å²) in [7, 11) is 3.87. The van der Waals surface area contributed by atoms with Crippen molar-refractivity contribution in [3.8, 4) is 0 Å². The molecule has 102 valence electrons. The van der Waals surface area contributed by atoms with Crippen LogP contribution in [0.2, 0.25) is 0 Å². The van der Waals surface area contributed by atoms with Gasteiger partial charge in [-0.2, -0.15) is 0 Å². The van der Waals surface area contributed by atoms with E-state index in [1.54, 1.807) is 7.05 Å². The van der Waals surface area contributed by atoms with Gasteiger partial charge in [-0.3, -0.25) is 9.47 Å². The number of nitrogens with one attached hydrogen (secondary N) is 1. The zero-order valence-electron chi connectivity index (χ0n) is 11.3. The average molecular weight is 261 g/mol. The molecule has 1 N–H and O–H groups in total. The summed E-state index contributed by atoms with van der Waals surface area (Å²) in [6.07, 6.45) is 1.19. The smallest absolute Gasteiger partial charge is 0.408 e. The molecule has 1 unspecified atom stereocenters. The molecule has 1 atom stereocenters. The van der Waals surface area contributed by atoms with Crippen molar-refractivity contribution in [2.45, 2.75) is 19.0 Å². The second-order valence-corrected chi connectivity index (χ2v) is 5.29. The summed E-state index contributed by atoms with van der Waals surface area (Å²) in [5, 5.41) is 3.37. The number of hydrogen-bond acceptors (Lipinski definition) is 4. The summed E-state index contributed by atoms with van der Waals surface area (Å²) in [4.78, 5) is 13.8. The first-order chi connectivity index (χ1) is 9.15. The predicted octanol–water partition coefficient (Wildman–Crippen LogP) is 0.925. The maximum atomic E-state index is 11.5. The Bertz CT molecular complexity index is 638. The van der Waals surface area contributed by atoms with Gasteiger partial charge in [-0.25, -0.2) is 4.79 Å². The molecule has 3 rings (SSSR count). The molecule has 5 heteroatoms. The van der Waals surface area contributed by atoms with E-state index in [1.165, 1.54) is 16.6 Å². The molecular formula is C14H19N3O2. The maximum absolute atomic E-state index is 11.5. The van der Waals surface area contributed by atoms with Crippen LogP contribution in [0, 0.1) is 0 Å². The van der Waals surface area contributed by atoms with Crippen LogP contribution < -0.4 is 11.1 Å². The molecule has 5 nitrogen and oxygen atoms in total. The Balaban J connectivity index is 1.83. The molecule has 0 bridgehead atoms. The van der Waals surface area contributed by atoms with Gasteiger partial charge in [-0.15, -0.1) is 0 Å². The molecule has 2 aromatic rings. The summed E-state index contributed by atoms with van der Waals surface area (Å²) < 4.78 is 6.75. The van der Waals surface area contributed by atoms with E-state index in [9.17, 15) is 4.79 Å². The summed E-state index contributed by atoms with van der Waals surface area (Å²) in [6, 6.07) is 6.58. The van der Waals surface area contributed by atoms with E-state index in [0.29, 0.717) is 11.6 Å². The van der Waals surface area contributed by atoms with Gasteiger partial charge < -0.3 is 9.73 Å². The first-order valence-electron chi connectivity index (χ1n) is 6.64. The lowest BCUT2D eigenvalue weighted by Crippen LogP contribution is -2.32. The fraction of sp³-hybridized carbons (Fsp3) is 0.500. The van der Waals surface area contributed by atoms with Gasteiger partial charge in [-0.05, 0) is 37.7 Å². The van der Waals surface area contributed by atoms with E-state index in [-0.39, 0.29) is 5.76 Å². The Morgan fingerprint density at radius 1 is 1.53 bits per heavy atom. The third-order valence-electron chi connectivity index (χ3n) is 3.95. The molecule has 1 aromatic heterocycles. The Labute approximate surface area is 111 Å². The third kappa shape index (κ3) is 2.31. The number of rotatable bonds is 3. The SMILES string of the molecule is CN(Cc1ccc2c(c1)oc(=O)n2C)C1CCNC1. The quantitative estimate of drug-likeness (QED) is 0.893. The minimum atomic E-state index is -0.305. The molecule has 0 radical (unpaired) electrons. The summed E-state index contributed by atoms with van der Waals surface area (Å²) >= 11 is 0. The fourth-order valence-corrected chi connectivity index (χ4v) is 2.71. The normalized spacial score (nSPS) is 19.6. The molecule has 1 aliphatic heterocycles. The van der Waals surface area contributed by atoms with Gasteiger partial charge in [-0.1, -0.05) is 6.07 Å². The van der Waals surface area contributed by atoms with Crippen LogP contribution in [0.4, 0.5) is 0 Å². The van der Waals surface area contributed by atoms with Crippen molar-refractivity contribution < 1.29 is 4.42 Å². The van der Waals surface area contributed by atoms with Crippen molar-refractivity contribution in [3.05, 3.63) is 34.3 Å². The largest absolute Gasteiger partial charge is 0.419 e. The van der Waals surface area contributed by atoms with Crippen LogP contribution in [0.3, 0.4) is 0 Å². The van der Waals surface area contributed by atoms with Crippen LogP contribution in [-0.2, 0) is 13.6 Å². The highest BCUT2D eigenvalue weighted by atomic mass is 16.4. The minimum Gasteiger partial charge on any atom is -0.408 e. The van der Waals surface area contributed by atoms with Crippen molar-refractivity contribution in [2.75, 3.05) is 20.1 Å². The lowest BCUT2D eigenvalue weighted by atomic mass is 10.1. The summed E-state index contributed by atoms with van der Waals surface area (Å²) in [5.74, 6) is -0.305. The number of aromatic nitrogens is 1. The van der Waals surface area contributed by atoms with Gasteiger partial charge in [0, 0.05) is 26.2 Å². The number of nitrogens with zero attached hydrogens (tertiary/aromatic N) is 2. The second-order valence-electron chi connectivity index (χ2n) is 5.29. The molecule has 0 aliphatic carbocycles. The standard InChI is InChI=1S/C14H19N3O2/c1-16(11-5-6-15-8-11)9-10-3-4-12-13(7-10)19-14(18)17(12)2/h3-4,7,11,15H,5-6,8-9H2,1-2H3. The highest BCUT2D eigenvalue weighted by molar-refractivity contribution is 5.73. The molecule has 2 heterocycles. The lowest BCUT2D eigenvalue weighted by Gasteiger charge is -2.23. The van der Waals surface area contributed by atoms with E-state index in [4.69, 9.17) is 4.42 Å². The highest BCUT2D eigenvalue weighted by Crippen LogP contribution is 2.17. The Morgan fingerprint density at radius 3 is 3.11 bits per heavy atom. The van der Waals surface area contributed by atoms with E-state index in [0.717, 1.165) is 25.2 Å². The number of aryl methyl sites for hydroxylation is 1. The predicted molar refractivity (Wildman–Crippen MR) is 74.2 cm³/mol. The summed E-state index contributed by atoms with van der Waals surface area (Å²) in [6.45, 7) is 3.03. The zero-order valence-corrected chi connectivity index (χ0v) is 11.3. The van der Waals surface area contributed by atoms with Gasteiger partial charge in [0.15, 0.2) is 5.58 Å². The molecule has 0 saturated carbocycles. The molecule has 19 heavy (non-hydrogen) atoms. The van der Waals surface area contributed by atoms with E-state index < -0.39 is 0 Å². The number of fused-ring (bicyclic) bond motifs is 1. The van der Waals surface area contributed by atoms with E-state index in [2.05, 4.69) is 23.3 Å². The van der Waals surface area contributed by atoms with Crippen LogP contribution in [0.5, 0.6) is 0 Å². The Hall–Kier alpha value is -1.59. The first kappa shape index (κ1) is 12.4. The van der Waals surface area contributed by atoms with Crippen LogP contribution >= 0.6 is 0 Å². The number of likely N-dealkylation sites (N-methyl/N-ethyl adjacent to an activating group) is 1. The van der Waals surface area contributed by atoms with Crippen LogP contribution in [0.15, 0.2) is 27.4 Å². The molecule has 1 saturated heterocycles. The molecular weight excluding hydrogens is 242 g/mol. The number of oxazole rings is 1.